The lowest BCUT2D eigenvalue weighted by molar-refractivity contribution is 0.530. The second-order valence-corrected chi connectivity index (χ2v) is 3.18. The Bertz CT molecular complexity index is 482. The molecular formula is C8H10N4O. The molecule has 0 aliphatic heterocycles. The van der Waals surface area contributed by atoms with Crippen LogP contribution in [0.15, 0.2) is 16.9 Å². The third-order valence-electron chi connectivity index (χ3n) is 1.85. The minimum absolute atomic E-state index is 0.150. The highest BCUT2D eigenvalue weighted by molar-refractivity contribution is 5.68. The molecule has 0 saturated heterocycles. The van der Waals surface area contributed by atoms with Gasteiger partial charge >= 0.3 is 0 Å². The number of nitrogens with one attached hydrogen (secondary N) is 1. The summed E-state index contributed by atoms with van der Waals surface area (Å²) < 4.78 is 1.77. The van der Waals surface area contributed by atoms with Crippen molar-refractivity contribution in [3.8, 4) is 0 Å². The van der Waals surface area contributed by atoms with Gasteiger partial charge in [0.15, 0.2) is 5.65 Å². The monoisotopic (exact) mass is 178 g/mol. The fourth-order valence-corrected chi connectivity index (χ4v) is 1.24. The summed E-state index contributed by atoms with van der Waals surface area (Å²) >= 11 is 0. The Morgan fingerprint density at radius 3 is 2.92 bits per heavy atom. The van der Waals surface area contributed by atoms with Crippen LogP contribution in [0.4, 0.5) is 0 Å². The van der Waals surface area contributed by atoms with Gasteiger partial charge in [-0.3, -0.25) is 4.79 Å². The minimum atomic E-state index is -0.150. The molecule has 0 aromatic carbocycles. The van der Waals surface area contributed by atoms with Crippen molar-refractivity contribution in [1.82, 2.24) is 20.0 Å². The number of nitrogens with zero attached hydrogens (tertiary/aromatic N) is 3. The zero-order chi connectivity index (χ0) is 9.42. The average molecular weight is 178 g/mol. The zero-order valence-electron chi connectivity index (χ0n) is 7.48. The molecule has 5 nitrogen and oxygen atoms in total. The Balaban J connectivity index is 2.76. The van der Waals surface area contributed by atoms with Crippen LogP contribution in [-0.2, 0) is 0 Å². The molecule has 2 heterocycles. The van der Waals surface area contributed by atoms with Gasteiger partial charge in [-0.15, -0.1) is 5.10 Å². The molecule has 2 aromatic heterocycles. The first-order chi connectivity index (χ1) is 6.18. The molecule has 0 spiro atoms. The number of fused-ring (bicyclic) bond motifs is 1. The Morgan fingerprint density at radius 2 is 2.23 bits per heavy atom. The highest BCUT2D eigenvalue weighted by Gasteiger charge is 2.06. The topological polar surface area (TPSA) is 63.6 Å². The third-order valence-corrected chi connectivity index (χ3v) is 1.85. The van der Waals surface area contributed by atoms with Crippen LogP contribution in [0.5, 0.6) is 0 Å². The van der Waals surface area contributed by atoms with Crippen LogP contribution in [0.2, 0.25) is 0 Å². The highest BCUT2D eigenvalue weighted by atomic mass is 16.1. The van der Waals surface area contributed by atoms with Crippen LogP contribution < -0.4 is 5.56 Å². The summed E-state index contributed by atoms with van der Waals surface area (Å²) in [6.07, 6.45) is 0. The Labute approximate surface area is 74.4 Å². The maximum atomic E-state index is 10.9. The van der Waals surface area contributed by atoms with E-state index >= 15 is 0 Å². The summed E-state index contributed by atoms with van der Waals surface area (Å²) in [5, 5.41) is 7.79. The van der Waals surface area contributed by atoms with E-state index in [1.54, 1.807) is 10.7 Å². The molecular weight excluding hydrogens is 168 g/mol. The molecule has 0 unspecified atom stereocenters. The molecule has 0 saturated carbocycles. The van der Waals surface area contributed by atoms with E-state index in [2.05, 4.69) is 15.3 Å². The van der Waals surface area contributed by atoms with E-state index in [0.29, 0.717) is 5.65 Å². The van der Waals surface area contributed by atoms with Crippen molar-refractivity contribution in [2.75, 3.05) is 0 Å². The SMILES string of the molecule is CC(C)n1nnc2[nH]c(=O)ccc21. The summed E-state index contributed by atoms with van der Waals surface area (Å²) in [4.78, 5) is 13.5. The van der Waals surface area contributed by atoms with Gasteiger partial charge in [0.1, 0.15) is 5.52 Å². The molecule has 0 aliphatic rings. The quantitative estimate of drug-likeness (QED) is 0.699. The predicted molar refractivity (Wildman–Crippen MR) is 48.5 cm³/mol. The van der Waals surface area contributed by atoms with E-state index in [1.807, 2.05) is 13.8 Å². The summed E-state index contributed by atoms with van der Waals surface area (Å²) in [5.74, 6) is 0. The number of hydrogen-bond donors (Lipinski definition) is 1. The van der Waals surface area contributed by atoms with E-state index in [4.69, 9.17) is 0 Å². The van der Waals surface area contributed by atoms with Crippen LogP contribution in [0, 0.1) is 0 Å². The van der Waals surface area contributed by atoms with Gasteiger partial charge in [0.25, 0.3) is 0 Å². The van der Waals surface area contributed by atoms with Gasteiger partial charge < -0.3 is 4.98 Å². The Morgan fingerprint density at radius 1 is 1.46 bits per heavy atom. The number of aromatic nitrogens is 4. The van der Waals surface area contributed by atoms with E-state index in [1.165, 1.54) is 6.07 Å². The maximum absolute atomic E-state index is 10.9. The van der Waals surface area contributed by atoms with Crippen LogP contribution >= 0.6 is 0 Å². The third kappa shape index (κ3) is 1.22. The van der Waals surface area contributed by atoms with Crippen LogP contribution in [0.3, 0.4) is 0 Å². The number of aromatic amines is 1. The lowest BCUT2D eigenvalue weighted by atomic mass is 10.3. The summed E-state index contributed by atoms with van der Waals surface area (Å²) in [5.41, 5.74) is 1.25. The minimum Gasteiger partial charge on any atom is -0.304 e. The standard InChI is InChI=1S/C8H10N4O/c1-5(2)12-6-3-4-7(13)9-8(6)10-11-12/h3-5H,1-2H3,(H,9,13). The number of H-pyrrole nitrogens is 1. The van der Waals surface area contributed by atoms with E-state index in [9.17, 15) is 4.79 Å². The molecule has 0 atom stereocenters. The van der Waals surface area contributed by atoms with Crippen LogP contribution in [0.25, 0.3) is 11.2 Å². The molecule has 5 heteroatoms. The first-order valence-corrected chi connectivity index (χ1v) is 4.12. The largest absolute Gasteiger partial charge is 0.304 e. The summed E-state index contributed by atoms with van der Waals surface area (Å²) in [6, 6.07) is 3.45. The van der Waals surface area contributed by atoms with Crippen LogP contribution in [0.1, 0.15) is 19.9 Å². The Kier molecular flexibility index (Phi) is 1.65. The van der Waals surface area contributed by atoms with Gasteiger partial charge in [0.05, 0.1) is 0 Å². The second-order valence-electron chi connectivity index (χ2n) is 3.18. The van der Waals surface area contributed by atoms with E-state index < -0.39 is 0 Å². The molecule has 2 aromatic rings. The molecule has 0 amide bonds. The van der Waals surface area contributed by atoms with Crippen molar-refractivity contribution in [2.24, 2.45) is 0 Å². The molecule has 0 aliphatic carbocycles. The fourth-order valence-electron chi connectivity index (χ4n) is 1.24. The van der Waals surface area contributed by atoms with Crippen molar-refractivity contribution < 1.29 is 0 Å². The molecule has 13 heavy (non-hydrogen) atoms. The van der Waals surface area contributed by atoms with E-state index in [-0.39, 0.29) is 11.6 Å². The molecule has 68 valence electrons. The van der Waals surface area contributed by atoms with Crippen LogP contribution in [-0.4, -0.2) is 20.0 Å². The van der Waals surface area contributed by atoms with Gasteiger partial charge in [-0.25, -0.2) is 4.68 Å². The van der Waals surface area contributed by atoms with Crippen molar-refractivity contribution in [3.05, 3.63) is 22.5 Å². The van der Waals surface area contributed by atoms with Gasteiger partial charge in [-0.05, 0) is 19.9 Å². The molecule has 1 N–H and O–H groups in total. The van der Waals surface area contributed by atoms with Crippen molar-refractivity contribution in [2.45, 2.75) is 19.9 Å². The lowest BCUT2D eigenvalue weighted by Crippen LogP contribution is -2.05. The number of rotatable bonds is 1. The summed E-state index contributed by atoms with van der Waals surface area (Å²) in [6.45, 7) is 4.03. The maximum Gasteiger partial charge on any atom is 0.249 e. The molecule has 2 rings (SSSR count). The average Bonchev–Trinajstić information content (AvgIpc) is 2.46. The van der Waals surface area contributed by atoms with Gasteiger partial charge in [0.2, 0.25) is 5.56 Å². The normalized spacial score (nSPS) is 11.3. The van der Waals surface area contributed by atoms with Gasteiger partial charge in [-0.1, -0.05) is 5.21 Å². The first-order valence-electron chi connectivity index (χ1n) is 4.12. The van der Waals surface area contributed by atoms with Crippen molar-refractivity contribution in [1.29, 1.82) is 0 Å². The molecule has 0 fully saturated rings. The lowest BCUT2D eigenvalue weighted by Gasteiger charge is -2.03. The molecule has 0 radical (unpaired) electrons. The highest BCUT2D eigenvalue weighted by Crippen LogP contribution is 2.10. The number of hydrogen-bond acceptors (Lipinski definition) is 3. The second kappa shape index (κ2) is 2.69. The summed E-state index contributed by atoms with van der Waals surface area (Å²) in [7, 11) is 0. The number of pyridine rings is 1. The zero-order valence-corrected chi connectivity index (χ0v) is 7.48. The van der Waals surface area contributed by atoms with E-state index in [0.717, 1.165) is 5.52 Å². The molecule has 0 bridgehead atoms. The smallest absolute Gasteiger partial charge is 0.249 e. The first kappa shape index (κ1) is 7.97. The van der Waals surface area contributed by atoms with Gasteiger partial charge in [-0.2, -0.15) is 0 Å². The van der Waals surface area contributed by atoms with Gasteiger partial charge in [0, 0.05) is 12.1 Å². The van der Waals surface area contributed by atoms with Crippen molar-refractivity contribution in [3.63, 3.8) is 0 Å². The fraction of sp³-hybridized carbons (Fsp3) is 0.375. The Hall–Kier alpha value is -1.65. The predicted octanol–water partition coefficient (Wildman–Crippen LogP) is 0.700. The van der Waals surface area contributed by atoms with Crippen molar-refractivity contribution >= 4 is 11.2 Å².